The first kappa shape index (κ1) is 13.7. The van der Waals surface area contributed by atoms with Gasteiger partial charge in [0.05, 0.1) is 4.92 Å². The molecule has 0 unspecified atom stereocenters. The molecule has 82 valence electrons. The minimum atomic E-state index is -0.410. The van der Waals surface area contributed by atoms with Crippen LogP contribution in [0, 0.1) is 10.1 Å². The van der Waals surface area contributed by atoms with E-state index in [0.29, 0.717) is 0 Å². The number of hydrogen-bond acceptors (Lipinski definition) is 3. The summed E-state index contributed by atoms with van der Waals surface area (Å²) in [4.78, 5) is 10.0. The zero-order chi connectivity index (χ0) is 11.4. The Morgan fingerprint density at radius 3 is 1.94 bits per heavy atom. The number of nitrogens with one attached hydrogen (secondary N) is 1. The number of nitrogens with zero attached hydrogens (tertiary/aromatic N) is 1. The van der Waals surface area contributed by atoms with Crippen molar-refractivity contribution in [3.63, 3.8) is 0 Å². The summed E-state index contributed by atoms with van der Waals surface area (Å²) >= 11 is 0. The van der Waals surface area contributed by atoms with Crippen LogP contribution in [-0.2, 0) is 0 Å². The molecule has 0 aromatic heterocycles. The monoisotopic (exact) mass is 238 g/mol. The maximum absolute atomic E-state index is 10.5. The second-order valence-corrected chi connectivity index (χ2v) is 3.30. The standard InChI is InChI=1S/C12H10N2O2.Na.H/c15-14(16)12-8-6-11(7-9-12)13-10-4-2-1-3-5-10;;/h1-9,13H;;. The van der Waals surface area contributed by atoms with Crippen molar-refractivity contribution < 1.29 is 4.92 Å². The van der Waals surface area contributed by atoms with Gasteiger partial charge in [-0.25, -0.2) is 0 Å². The van der Waals surface area contributed by atoms with Crippen LogP contribution < -0.4 is 5.32 Å². The molecular weight excluding hydrogens is 227 g/mol. The van der Waals surface area contributed by atoms with Crippen LogP contribution >= 0.6 is 0 Å². The van der Waals surface area contributed by atoms with Crippen molar-refractivity contribution in [2.75, 3.05) is 5.32 Å². The third kappa shape index (κ3) is 3.85. The van der Waals surface area contributed by atoms with E-state index in [4.69, 9.17) is 0 Å². The second kappa shape index (κ2) is 6.39. The van der Waals surface area contributed by atoms with Crippen LogP contribution in [0.2, 0.25) is 0 Å². The first-order valence-electron chi connectivity index (χ1n) is 4.82. The predicted octanol–water partition coefficient (Wildman–Crippen LogP) is 2.69. The van der Waals surface area contributed by atoms with Gasteiger partial charge in [0.1, 0.15) is 0 Å². The van der Waals surface area contributed by atoms with Crippen LogP contribution in [0.4, 0.5) is 17.1 Å². The first-order chi connectivity index (χ1) is 7.75. The molecule has 0 aliphatic heterocycles. The summed E-state index contributed by atoms with van der Waals surface area (Å²) in [6.45, 7) is 0. The molecule has 0 heterocycles. The Kier molecular flexibility index (Phi) is 5.15. The summed E-state index contributed by atoms with van der Waals surface area (Å²) in [6.07, 6.45) is 0. The van der Waals surface area contributed by atoms with E-state index in [0.717, 1.165) is 11.4 Å². The topological polar surface area (TPSA) is 55.2 Å². The van der Waals surface area contributed by atoms with E-state index in [1.165, 1.54) is 12.1 Å². The SMILES string of the molecule is O=[N+]([O-])c1ccc(Nc2ccccc2)cc1.[NaH]. The summed E-state index contributed by atoms with van der Waals surface area (Å²) in [6, 6.07) is 16.0. The minimum absolute atomic E-state index is 0. The van der Waals surface area contributed by atoms with Gasteiger partial charge < -0.3 is 5.32 Å². The van der Waals surface area contributed by atoms with Gasteiger partial charge in [0.2, 0.25) is 0 Å². The maximum atomic E-state index is 10.5. The molecule has 0 aliphatic rings. The Bertz CT molecular complexity index is 486. The molecular formula is C12H11N2NaO2. The average molecular weight is 238 g/mol. The summed E-state index contributed by atoms with van der Waals surface area (Å²) in [7, 11) is 0. The Hall–Kier alpha value is -1.36. The van der Waals surface area contributed by atoms with Gasteiger partial charge in [0.25, 0.3) is 5.69 Å². The molecule has 0 saturated heterocycles. The quantitative estimate of drug-likeness (QED) is 0.508. The number of para-hydroxylation sites is 1. The van der Waals surface area contributed by atoms with Crippen LogP contribution in [0.1, 0.15) is 0 Å². The Labute approximate surface area is 121 Å². The van der Waals surface area contributed by atoms with Crippen molar-refractivity contribution >= 4 is 46.6 Å². The number of non-ortho nitro benzene ring substituents is 1. The van der Waals surface area contributed by atoms with Gasteiger partial charge in [0.15, 0.2) is 0 Å². The molecule has 2 rings (SSSR count). The second-order valence-electron chi connectivity index (χ2n) is 3.30. The third-order valence-corrected chi connectivity index (χ3v) is 2.14. The molecule has 0 amide bonds. The van der Waals surface area contributed by atoms with Gasteiger partial charge in [-0.3, -0.25) is 10.1 Å². The van der Waals surface area contributed by atoms with Crippen molar-refractivity contribution in [3.05, 3.63) is 64.7 Å². The number of rotatable bonds is 3. The van der Waals surface area contributed by atoms with Crippen molar-refractivity contribution in [1.82, 2.24) is 0 Å². The van der Waals surface area contributed by atoms with E-state index in [1.807, 2.05) is 30.3 Å². The zero-order valence-corrected chi connectivity index (χ0v) is 8.46. The van der Waals surface area contributed by atoms with Crippen LogP contribution in [0.25, 0.3) is 0 Å². The summed E-state index contributed by atoms with van der Waals surface area (Å²) in [5.41, 5.74) is 1.88. The van der Waals surface area contributed by atoms with Gasteiger partial charge in [-0.2, -0.15) is 0 Å². The van der Waals surface area contributed by atoms with E-state index < -0.39 is 4.92 Å². The number of benzene rings is 2. The molecule has 0 saturated carbocycles. The number of nitro groups is 1. The summed E-state index contributed by atoms with van der Waals surface area (Å²) in [5.74, 6) is 0. The van der Waals surface area contributed by atoms with Gasteiger partial charge in [-0.1, -0.05) is 18.2 Å². The van der Waals surface area contributed by atoms with E-state index in [9.17, 15) is 10.1 Å². The predicted molar refractivity (Wildman–Crippen MR) is 70.0 cm³/mol. The fourth-order valence-electron chi connectivity index (χ4n) is 1.35. The molecule has 0 fully saturated rings. The Morgan fingerprint density at radius 1 is 0.882 bits per heavy atom. The number of nitro benzene ring substituents is 1. The molecule has 17 heavy (non-hydrogen) atoms. The molecule has 4 nitrogen and oxygen atoms in total. The summed E-state index contributed by atoms with van der Waals surface area (Å²) < 4.78 is 0. The van der Waals surface area contributed by atoms with Crippen LogP contribution in [0.5, 0.6) is 0 Å². The van der Waals surface area contributed by atoms with Gasteiger partial charge >= 0.3 is 29.6 Å². The Morgan fingerprint density at radius 2 is 1.41 bits per heavy atom. The van der Waals surface area contributed by atoms with Crippen LogP contribution in [0.3, 0.4) is 0 Å². The molecule has 0 atom stereocenters. The molecule has 1 N–H and O–H groups in total. The van der Waals surface area contributed by atoms with Crippen molar-refractivity contribution in [2.45, 2.75) is 0 Å². The molecule has 0 spiro atoms. The molecule has 0 bridgehead atoms. The van der Waals surface area contributed by atoms with E-state index >= 15 is 0 Å². The molecule has 5 heteroatoms. The summed E-state index contributed by atoms with van der Waals surface area (Å²) in [5, 5.41) is 13.6. The number of hydrogen-bond donors (Lipinski definition) is 1. The molecule has 0 radical (unpaired) electrons. The van der Waals surface area contributed by atoms with Gasteiger partial charge in [0, 0.05) is 23.5 Å². The van der Waals surface area contributed by atoms with E-state index in [2.05, 4.69) is 5.32 Å². The van der Waals surface area contributed by atoms with E-state index in [1.54, 1.807) is 12.1 Å². The van der Waals surface area contributed by atoms with Crippen molar-refractivity contribution in [2.24, 2.45) is 0 Å². The molecule has 2 aromatic carbocycles. The fourth-order valence-corrected chi connectivity index (χ4v) is 1.35. The van der Waals surface area contributed by atoms with Crippen LogP contribution in [0.15, 0.2) is 54.6 Å². The molecule has 0 aliphatic carbocycles. The first-order valence-corrected chi connectivity index (χ1v) is 4.82. The van der Waals surface area contributed by atoms with Crippen molar-refractivity contribution in [3.8, 4) is 0 Å². The van der Waals surface area contributed by atoms with Crippen molar-refractivity contribution in [1.29, 1.82) is 0 Å². The number of anilines is 2. The van der Waals surface area contributed by atoms with Crippen LogP contribution in [-0.4, -0.2) is 34.5 Å². The third-order valence-electron chi connectivity index (χ3n) is 2.14. The average Bonchev–Trinajstić information content (AvgIpc) is 2.31. The van der Waals surface area contributed by atoms with E-state index in [-0.39, 0.29) is 35.2 Å². The van der Waals surface area contributed by atoms with Gasteiger partial charge in [-0.05, 0) is 24.3 Å². The normalized spacial score (nSPS) is 9.18. The molecule has 2 aromatic rings. The fraction of sp³-hybridized carbons (Fsp3) is 0. The zero-order valence-electron chi connectivity index (χ0n) is 8.46. The van der Waals surface area contributed by atoms with Gasteiger partial charge in [-0.15, -0.1) is 0 Å². The Balaban J connectivity index is 0.00000144.